The molecule has 0 radical (unpaired) electrons. The lowest BCUT2D eigenvalue weighted by Crippen LogP contribution is -2.15. The van der Waals surface area contributed by atoms with Crippen LogP contribution in [-0.4, -0.2) is 25.6 Å². The van der Waals surface area contributed by atoms with E-state index >= 15 is 0 Å². The third-order valence-corrected chi connectivity index (χ3v) is 4.43. The second kappa shape index (κ2) is 7.31. The molecule has 0 bridgehead atoms. The van der Waals surface area contributed by atoms with E-state index < -0.39 is 10.0 Å². The second-order valence-electron chi connectivity index (χ2n) is 5.85. The average molecular weight is 390 g/mol. The zero-order chi connectivity index (χ0) is 18.7. The van der Waals surface area contributed by atoms with E-state index in [1.165, 1.54) is 0 Å². The number of hydrogen-bond acceptors (Lipinski definition) is 4. The lowest BCUT2D eigenvalue weighted by molar-refractivity contribution is -0.115. The Labute approximate surface area is 156 Å². The van der Waals surface area contributed by atoms with Crippen molar-refractivity contribution in [2.24, 2.45) is 0 Å². The molecule has 0 aliphatic heterocycles. The van der Waals surface area contributed by atoms with Crippen LogP contribution >= 0.6 is 11.6 Å². The number of sulfonamides is 1. The van der Waals surface area contributed by atoms with Gasteiger partial charge in [-0.05, 0) is 29.8 Å². The van der Waals surface area contributed by atoms with Crippen LogP contribution in [0.2, 0.25) is 5.02 Å². The minimum Gasteiger partial charge on any atom is -0.324 e. The summed E-state index contributed by atoms with van der Waals surface area (Å²) in [5.41, 5.74) is 1.80. The van der Waals surface area contributed by atoms with Crippen molar-refractivity contribution in [2.45, 2.75) is 6.42 Å². The lowest BCUT2D eigenvalue weighted by atomic mass is 10.1. The van der Waals surface area contributed by atoms with E-state index in [0.29, 0.717) is 21.8 Å². The van der Waals surface area contributed by atoms with E-state index in [-0.39, 0.29) is 12.3 Å². The van der Waals surface area contributed by atoms with Crippen LogP contribution in [0.5, 0.6) is 0 Å². The highest BCUT2D eigenvalue weighted by Gasteiger charge is 2.09. The van der Waals surface area contributed by atoms with Crippen molar-refractivity contribution in [1.82, 2.24) is 4.98 Å². The highest BCUT2D eigenvalue weighted by Crippen LogP contribution is 2.25. The first-order chi connectivity index (χ1) is 12.3. The van der Waals surface area contributed by atoms with Crippen LogP contribution < -0.4 is 10.0 Å². The Hall–Kier alpha value is -2.64. The summed E-state index contributed by atoms with van der Waals surface area (Å²) in [6.45, 7) is 0. The number of benzene rings is 2. The van der Waals surface area contributed by atoms with Gasteiger partial charge in [0.05, 0.1) is 24.6 Å². The van der Waals surface area contributed by atoms with Crippen molar-refractivity contribution < 1.29 is 13.2 Å². The van der Waals surface area contributed by atoms with Crippen LogP contribution in [0.4, 0.5) is 11.4 Å². The molecule has 26 heavy (non-hydrogen) atoms. The van der Waals surface area contributed by atoms with Crippen LogP contribution in [0, 0.1) is 0 Å². The fraction of sp³-hybridized carbons (Fsp3) is 0.111. The number of fused-ring (bicyclic) bond motifs is 1. The van der Waals surface area contributed by atoms with Gasteiger partial charge in [-0.2, -0.15) is 0 Å². The molecule has 1 heterocycles. The summed E-state index contributed by atoms with van der Waals surface area (Å²) >= 11 is 5.94. The van der Waals surface area contributed by atoms with Gasteiger partial charge < -0.3 is 5.32 Å². The molecule has 2 aromatic carbocycles. The molecule has 0 unspecified atom stereocenters. The Bertz CT molecular complexity index is 1080. The van der Waals surface area contributed by atoms with Crippen LogP contribution in [0.15, 0.2) is 54.9 Å². The topological polar surface area (TPSA) is 88.2 Å². The molecule has 8 heteroatoms. The summed E-state index contributed by atoms with van der Waals surface area (Å²) in [5.74, 6) is -0.195. The number of anilines is 2. The van der Waals surface area contributed by atoms with Gasteiger partial charge in [0.15, 0.2) is 0 Å². The van der Waals surface area contributed by atoms with Crippen molar-refractivity contribution in [3.05, 3.63) is 65.4 Å². The zero-order valence-corrected chi connectivity index (χ0v) is 15.4. The molecule has 2 N–H and O–H groups in total. The monoisotopic (exact) mass is 389 g/mol. The molecule has 0 aliphatic rings. The van der Waals surface area contributed by atoms with E-state index in [1.54, 1.807) is 48.8 Å². The van der Waals surface area contributed by atoms with Crippen molar-refractivity contribution in [3.8, 4) is 0 Å². The molecule has 0 aliphatic carbocycles. The minimum atomic E-state index is -3.36. The van der Waals surface area contributed by atoms with Gasteiger partial charge in [0.25, 0.3) is 0 Å². The predicted octanol–water partition coefficient (Wildman–Crippen LogP) is 3.44. The molecule has 1 amide bonds. The van der Waals surface area contributed by atoms with Gasteiger partial charge >= 0.3 is 0 Å². The van der Waals surface area contributed by atoms with E-state index in [2.05, 4.69) is 15.0 Å². The molecule has 3 aromatic rings. The Balaban J connectivity index is 1.82. The molecule has 134 valence electrons. The lowest BCUT2D eigenvalue weighted by Gasteiger charge is -2.10. The Kier molecular flexibility index (Phi) is 5.11. The first-order valence-corrected chi connectivity index (χ1v) is 9.97. The molecule has 1 aromatic heterocycles. The van der Waals surface area contributed by atoms with Gasteiger partial charge in [-0.15, -0.1) is 0 Å². The number of amides is 1. The number of carbonyl (C=O) groups excluding carboxylic acids is 1. The summed E-state index contributed by atoms with van der Waals surface area (Å²) in [6, 6.07) is 12.1. The molecule has 6 nitrogen and oxygen atoms in total. The maximum atomic E-state index is 12.3. The van der Waals surface area contributed by atoms with Gasteiger partial charge in [0.1, 0.15) is 0 Å². The van der Waals surface area contributed by atoms with Crippen LogP contribution in [0.25, 0.3) is 10.8 Å². The van der Waals surface area contributed by atoms with Crippen molar-refractivity contribution >= 4 is 49.7 Å². The Morgan fingerprint density at radius 3 is 2.69 bits per heavy atom. The summed E-state index contributed by atoms with van der Waals surface area (Å²) in [6.07, 6.45) is 4.43. The Morgan fingerprint density at radius 1 is 1.15 bits per heavy atom. The third kappa shape index (κ3) is 4.71. The Morgan fingerprint density at radius 2 is 1.96 bits per heavy atom. The van der Waals surface area contributed by atoms with Gasteiger partial charge in [-0.3, -0.25) is 14.5 Å². The summed E-state index contributed by atoms with van der Waals surface area (Å²) < 4.78 is 25.1. The fourth-order valence-corrected chi connectivity index (χ4v) is 3.35. The number of carbonyl (C=O) groups is 1. The largest absolute Gasteiger partial charge is 0.324 e. The SMILES string of the molecule is CS(=O)(=O)Nc1ccc2c(NC(=O)Cc3cccc(Cl)c3)cncc2c1. The molecule has 0 spiro atoms. The molecule has 0 saturated heterocycles. The van der Waals surface area contributed by atoms with Crippen LogP contribution in [0.3, 0.4) is 0 Å². The van der Waals surface area contributed by atoms with Gasteiger partial charge in [0.2, 0.25) is 15.9 Å². The van der Waals surface area contributed by atoms with Crippen LogP contribution in [-0.2, 0) is 21.2 Å². The summed E-state index contributed by atoms with van der Waals surface area (Å²) in [5, 5.41) is 4.88. The molecular weight excluding hydrogens is 374 g/mol. The normalized spacial score (nSPS) is 11.3. The number of hydrogen-bond donors (Lipinski definition) is 2. The molecule has 3 rings (SSSR count). The number of nitrogens with zero attached hydrogens (tertiary/aromatic N) is 1. The number of pyridine rings is 1. The first kappa shape index (κ1) is 18.2. The highest BCUT2D eigenvalue weighted by atomic mass is 35.5. The molecule has 0 fully saturated rings. The van der Waals surface area contributed by atoms with Crippen LogP contribution in [0.1, 0.15) is 5.56 Å². The minimum absolute atomic E-state index is 0.185. The fourth-order valence-electron chi connectivity index (χ4n) is 2.58. The second-order valence-corrected chi connectivity index (χ2v) is 8.04. The van der Waals surface area contributed by atoms with Crippen molar-refractivity contribution in [1.29, 1.82) is 0 Å². The summed E-state index contributed by atoms with van der Waals surface area (Å²) in [7, 11) is -3.36. The molecule has 0 atom stereocenters. The molecular formula is C18H16ClN3O3S. The standard InChI is InChI=1S/C18H16ClN3O3S/c1-26(24,25)22-15-5-6-16-13(9-15)10-20-11-17(16)21-18(23)8-12-3-2-4-14(19)7-12/h2-7,9-11,22H,8H2,1H3,(H,21,23). The van der Waals surface area contributed by atoms with E-state index in [9.17, 15) is 13.2 Å². The van der Waals surface area contributed by atoms with Crippen molar-refractivity contribution in [3.63, 3.8) is 0 Å². The maximum absolute atomic E-state index is 12.3. The van der Waals surface area contributed by atoms with Crippen molar-refractivity contribution in [2.75, 3.05) is 16.3 Å². The molecule has 0 saturated carbocycles. The zero-order valence-electron chi connectivity index (χ0n) is 13.9. The van der Waals surface area contributed by atoms with E-state index in [4.69, 9.17) is 11.6 Å². The quantitative estimate of drug-likeness (QED) is 0.699. The van der Waals surface area contributed by atoms with Gasteiger partial charge in [-0.1, -0.05) is 29.8 Å². The highest BCUT2D eigenvalue weighted by molar-refractivity contribution is 7.92. The third-order valence-electron chi connectivity index (χ3n) is 3.59. The van der Waals surface area contributed by atoms with E-state index in [0.717, 1.165) is 17.2 Å². The maximum Gasteiger partial charge on any atom is 0.229 e. The summed E-state index contributed by atoms with van der Waals surface area (Å²) in [4.78, 5) is 16.4. The number of nitrogens with one attached hydrogen (secondary N) is 2. The average Bonchev–Trinajstić information content (AvgIpc) is 2.53. The van der Waals surface area contributed by atoms with Gasteiger partial charge in [-0.25, -0.2) is 8.42 Å². The first-order valence-electron chi connectivity index (χ1n) is 7.70. The number of halogens is 1. The number of aromatic nitrogens is 1. The van der Waals surface area contributed by atoms with Gasteiger partial charge in [0, 0.05) is 27.7 Å². The predicted molar refractivity (Wildman–Crippen MR) is 104 cm³/mol. The van der Waals surface area contributed by atoms with E-state index in [1.807, 2.05) is 6.07 Å². The number of rotatable bonds is 5. The smallest absolute Gasteiger partial charge is 0.229 e.